The number of sulfonamides is 1. The fraction of sp³-hybridized carbons (Fsp3) is 0.750. The average molecular weight is 302 g/mol. The second-order valence-corrected chi connectivity index (χ2v) is 7.22. The molecule has 0 bridgehead atoms. The van der Waals surface area contributed by atoms with E-state index in [2.05, 4.69) is 10.00 Å². The summed E-state index contributed by atoms with van der Waals surface area (Å²) in [5, 5.41) is 12.8. The minimum atomic E-state index is -3.48. The first-order chi connectivity index (χ1) is 9.45. The Bertz CT molecular complexity index is 541. The number of hydrogen-bond acceptors (Lipinski definition) is 5. The highest BCUT2D eigenvalue weighted by Crippen LogP contribution is 2.21. The Labute approximate surface area is 119 Å². The second kappa shape index (κ2) is 6.21. The van der Waals surface area contributed by atoms with Crippen molar-refractivity contribution in [3.63, 3.8) is 0 Å². The van der Waals surface area contributed by atoms with Crippen molar-refractivity contribution < 1.29 is 13.5 Å². The predicted octanol–water partition coefficient (Wildman–Crippen LogP) is -0.410. The highest BCUT2D eigenvalue weighted by Gasteiger charge is 2.31. The number of aliphatic hydroxyl groups is 1. The van der Waals surface area contributed by atoms with Gasteiger partial charge >= 0.3 is 0 Å². The molecular formula is C12H22N4O3S. The van der Waals surface area contributed by atoms with E-state index in [1.54, 1.807) is 0 Å². The number of likely N-dealkylation sites (N-methyl/N-ethyl adjacent to an activating group) is 1. The van der Waals surface area contributed by atoms with Crippen LogP contribution in [-0.4, -0.2) is 72.3 Å². The Kier molecular flexibility index (Phi) is 4.79. The molecule has 2 rings (SSSR count). The number of nitrogens with zero attached hydrogens (tertiary/aromatic N) is 4. The van der Waals surface area contributed by atoms with Crippen molar-refractivity contribution in [1.29, 1.82) is 0 Å². The first-order valence-corrected chi connectivity index (χ1v) is 8.19. The van der Waals surface area contributed by atoms with Crippen molar-refractivity contribution in [3.05, 3.63) is 12.4 Å². The summed E-state index contributed by atoms with van der Waals surface area (Å²) in [6, 6.07) is 0.256. The first-order valence-electron chi connectivity index (χ1n) is 6.75. The molecule has 2 heterocycles. The van der Waals surface area contributed by atoms with Crippen LogP contribution in [0.4, 0.5) is 0 Å². The third kappa shape index (κ3) is 3.20. The van der Waals surface area contributed by atoms with Crippen LogP contribution in [0.15, 0.2) is 17.3 Å². The molecule has 114 valence electrons. The molecule has 0 aliphatic carbocycles. The maximum absolute atomic E-state index is 12.6. The Morgan fingerprint density at radius 1 is 1.50 bits per heavy atom. The van der Waals surface area contributed by atoms with E-state index in [0.717, 1.165) is 12.8 Å². The van der Waals surface area contributed by atoms with E-state index in [9.17, 15) is 8.42 Å². The molecule has 0 aromatic carbocycles. The van der Waals surface area contributed by atoms with Crippen LogP contribution in [0.3, 0.4) is 0 Å². The summed E-state index contributed by atoms with van der Waals surface area (Å²) in [5.74, 6) is 0. The van der Waals surface area contributed by atoms with Crippen molar-refractivity contribution in [2.24, 2.45) is 0 Å². The van der Waals surface area contributed by atoms with Gasteiger partial charge in [0.2, 0.25) is 10.0 Å². The van der Waals surface area contributed by atoms with Gasteiger partial charge in [0.25, 0.3) is 0 Å². The quantitative estimate of drug-likeness (QED) is 0.800. The zero-order chi connectivity index (χ0) is 14.8. The lowest BCUT2D eigenvalue weighted by atomic mass is 10.1. The lowest BCUT2D eigenvalue weighted by molar-refractivity contribution is 0.190. The van der Waals surface area contributed by atoms with Gasteiger partial charge in [-0.05, 0) is 26.9 Å². The van der Waals surface area contributed by atoms with E-state index in [4.69, 9.17) is 5.11 Å². The molecule has 0 radical (unpaired) electrons. The van der Waals surface area contributed by atoms with Gasteiger partial charge in [-0.1, -0.05) is 0 Å². The number of piperidine rings is 1. The third-order valence-electron chi connectivity index (χ3n) is 3.67. The van der Waals surface area contributed by atoms with Crippen LogP contribution < -0.4 is 0 Å². The number of aromatic nitrogens is 2. The molecule has 1 unspecified atom stereocenters. The van der Waals surface area contributed by atoms with E-state index in [0.29, 0.717) is 19.6 Å². The predicted molar refractivity (Wildman–Crippen MR) is 74.8 cm³/mol. The topological polar surface area (TPSA) is 78.7 Å². The second-order valence-electron chi connectivity index (χ2n) is 5.29. The van der Waals surface area contributed by atoms with Gasteiger partial charge in [0.1, 0.15) is 4.90 Å². The van der Waals surface area contributed by atoms with Gasteiger partial charge in [0.15, 0.2) is 0 Å². The average Bonchev–Trinajstić information content (AvgIpc) is 2.88. The lowest BCUT2D eigenvalue weighted by Crippen LogP contribution is -2.47. The standard InChI is InChI=1S/C12H22N4O3S/c1-14(2)11-4-3-5-16(9-11)20(18,19)12-8-13-15(10-12)6-7-17/h8,10-11,17H,3-7,9H2,1-2H3. The summed E-state index contributed by atoms with van der Waals surface area (Å²) in [5.41, 5.74) is 0. The van der Waals surface area contributed by atoms with Gasteiger partial charge < -0.3 is 10.0 Å². The minimum absolute atomic E-state index is 0.0619. The summed E-state index contributed by atoms with van der Waals surface area (Å²) in [6.45, 7) is 1.31. The lowest BCUT2D eigenvalue weighted by Gasteiger charge is -2.35. The van der Waals surface area contributed by atoms with Crippen molar-refractivity contribution in [2.75, 3.05) is 33.8 Å². The molecule has 1 fully saturated rings. The Balaban J connectivity index is 2.16. The van der Waals surface area contributed by atoms with E-state index >= 15 is 0 Å². The zero-order valence-corrected chi connectivity index (χ0v) is 12.8. The molecule has 1 aliphatic rings. The Morgan fingerprint density at radius 3 is 2.90 bits per heavy atom. The van der Waals surface area contributed by atoms with Gasteiger partial charge in [0, 0.05) is 25.3 Å². The first kappa shape index (κ1) is 15.4. The van der Waals surface area contributed by atoms with Crippen LogP contribution in [0.1, 0.15) is 12.8 Å². The summed E-state index contributed by atoms with van der Waals surface area (Å²) in [4.78, 5) is 2.27. The van der Waals surface area contributed by atoms with Crippen molar-refractivity contribution >= 4 is 10.0 Å². The van der Waals surface area contributed by atoms with Crippen molar-refractivity contribution in [1.82, 2.24) is 19.0 Å². The minimum Gasteiger partial charge on any atom is -0.394 e. The molecule has 1 saturated heterocycles. The highest BCUT2D eigenvalue weighted by molar-refractivity contribution is 7.89. The van der Waals surface area contributed by atoms with Crippen LogP contribution in [-0.2, 0) is 16.6 Å². The highest BCUT2D eigenvalue weighted by atomic mass is 32.2. The molecule has 0 saturated carbocycles. The fourth-order valence-corrected chi connectivity index (χ4v) is 3.88. The summed E-state index contributed by atoms with van der Waals surface area (Å²) in [7, 11) is 0.460. The van der Waals surface area contributed by atoms with Gasteiger partial charge in [-0.2, -0.15) is 9.40 Å². The maximum Gasteiger partial charge on any atom is 0.246 e. The number of aliphatic hydroxyl groups excluding tert-OH is 1. The molecule has 1 aliphatic heterocycles. The fourth-order valence-electron chi connectivity index (χ4n) is 2.41. The Hall–Kier alpha value is -0.960. The van der Waals surface area contributed by atoms with Gasteiger partial charge in [-0.3, -0.25) is 4.68 Å². The number of rotatable bonds is 5. The molecule has 1 aromatic rings. The number of hydrogen-bond donors (Lipinski definition) is 1. The van der Waals surface area contributed by atoms with Crippen LogP contribution in [0.5, 0.6) is 0 Å². The molecule has 1 atom stereocenters. The van der Waals surface area contributed by atoms with Crippen LogP contribution in [0, 0.1) is 0 Å². The monoisotopic (exact) mass is 302 g/mol. The summed E-state index contributed by atoms with van der Waals surface area (Å²) in [6.07, 6.45) is 4.71. The Morgan fingerprint density at radius 2 is 2.25 bits per heavy atom. The molecule has 1 aromatic heterocycles. The summed E-state index contributed by atoms with van der Waals surface area (Å²) < 4.78 is 28.1. The zero-order valence-electron chi connectivity index (χ0n) is 11.9. The molecule has 0 spiro atoms. The van der Waals surface area contributed by atoms with Crippen LogP contribution in [0.25, 0.3) is 0 Å². The maximum atomic E-state index is 12.6. The van der Waals surface area contributed by atoms with Crippen molar-refractivity contribution in [3.8, 4) is 0 Å². The molecule has 1 N–H and O–H groups in total. The van der Waals surface area contributed by atoms with Gasteiger partial charge in [0.05, 0.1) is 19.3 Å². The molecule has 8 heteroatoms. The summed E-state index contributed by atoms with van der Waals surface area (Å²) >= 11 is 0. The van der Waals surface area contributed by atoms with E-state index in [-0.39, 0.29) is 17.5 Å². The van der Waals surface area contributed by atoms with Crippen LogP contribution in [0.2, 0.25) is 0 Å². The smallest absolute Gasteiger partial charge is 0.246 e. The molecule has 7 nitrogen and oxygen atoms in total. The normalized spacial score (nSPS) is 21.5. The largest absolute Gasteiger partial charge is 0.394 e. The van der Waals surface area contributed by atoms with E-state index in [1.807, 2.05) is 14.1 Å². The van der Waals surface area contributed by atoms with Crippen LogP contribution >= 0.6 is 0 Å². The molecule has 0 amide bonds. The van der Waals surface area contributed by atoms with Gasteiger partial charge in [-0.25, -0.2) is 8.42 Å². The molecular weight excluding hydrogens is 280 g/mol. The molecule has 20 heavy (non-hydrogen) atoms. The SMILES string of the molecule is CN(C)C1CCCN(S(=O)(=O)c2cnn(CCO)c2)C1. The van der Waals surface area contributed by atoms with Crippen molar-refractivity contribution in [2.45, 2.75) is 30.3 Å². The third-order valence-corrected chi connectivity index (χ3v) is 5.48. The van der Waals surface area contributed by atoms with E-state index < -0.39 is 10.0 Å². The van der Waals surface area contributed by atoms with Gasteiger partial charge in [-0.15, -0.1) is 0 Å². The van der Waals surface area contributed by atoms with E-state index in [1.165, 1.54) is 21.4 Å².